The summed E-state index contributed by atoms with van der Waals surface area (Å²) in [6.45, 7) is 3.57. The molecule has 4 rings (SSSR count). The van der Waals surface area contributed by atoms with Crippen LogP contribution in [0.1, 0.15) is 44.3 Å². The van der Waals surface area contributed by atoms with Gasteiger partial charge in [0.15, 0.2) is 0 Å². The third-order valence-corrected chi connectivity index (χ3v) is 5.90. The summed E-state index contributed by atoms with van der Waals surface area (Å²) in [6.07, 6.45) is 6.55. The van der Waals surface area contributed by atoms with Crippen LogP contribution in [-0.2, 0) is 4.74 Å². The highest BCUT2D eigenvalue weighted by Crippen LogP contribution is 2.70. The van der Waals surface area contributed by atoms with E-state index >= 15 is 0 Å². The van der Waals surface area contributed by atoms with Crippen molar-refractivity contribution in [2.45, 2.75) is 44.2 Å². The molecule has 0 bridgehead atoms. The summed E-state index contributed by atoms with van der Waals surface area (Å²) in [5.74, 6) is 0.654. The molecule has 0 aromatic carbocycles. The van der Waals surface area contributed by atoms with Gasteiger partial charge in [-0.3, -0.25) is 4.98 Å². The van der Waals surface area contributed by atoms with Crippen LogP contribution < -0.4 is 10.6 Å². The summed E-state index contributed by atoms with van der Waals surface area (Å²) in [6, 6.07) is 5.53. The molecule has 2 heterocycles. The summed E-state index contributed by atoms with van der Waals surface area (Å²) in [4.78, 5) is 16.4. The van der Waals surface area contributed by atoms with E-state index in [2.05, 4.69) is 15.6 Å². The van der Waals surface area contributed by atoms with Gasteiger partial charge in [-0.05, 0) is 50.7 Å². The normalized spacial score (nSPS) is 32.0. The van der Waals surface area contributed by atoms with Crippen molar-refractivity contribution in [2.24, 2.45) is 11.3 Å². The van der Waals surface area contributed by atoms with Gasteiger partial charge in [0.2, 0.25) is 0 Å². The fourth-order valence-corrected chi connectivity index (χ4v) is 4.27. The van der Waals surface area contributed by atoms with E-state index in [1.807, 2.05) is 25.1 Å². The van der Waals surface area contributed by atoms with Gasteiger partial charge < -0.3 is 15.4 Å². The van der Waals surface area contributed by atoms with Crippen LogP contribution in [0.25, 0.3) is 0 Å². The van der Waals surface area contributed by atoms with Gasteiger partial charge in [-0.2, -0.15) is 0 Å². The average Bonchev–Trinajstić information content (AvgIpc) is 3.11. The maximum atomic E-state index is 12.2. The summed E-state index contributed by atoms with van der Waals surface area (Å²) in [5, 5.41) is 6.04. The van der Waals surface area contributed by atoms with Crippen LogP contribution >= 0.6 is 0 Å². The third kappa shape index (κ3) is 2.02. The Morgan fingerprint density at radius 1 is 1.50 bits per heavy atom. The Morgan fingerprint density at radius 2 is 2.36 bits per heavy atom. The SMILES string of the molecule is C[C@H](NC(=O)NC[C@]12C[C@H]1COC21CCC1)c1ccccn1. The molecule has 1 aromatic heterocycles. The molecule has 1 aromatic rings. The molecule has 22 heavy (non-hydrogen) atoms. The van der Waals surface area contributed by atoms with Gasteiger partial charge in [-0.15, -0.1) is 0 Å². The number of fused-ring (bicyclic) bond motifs is 2. The van der Waals surface area contributed by atoms with E-state index in [0.717, 1.165) is 31.7 Å². The van der Waals surface area contributed by atoms with Gasteiger partial charge in [-0.1, -0.05) is 6.07 Å². The van der Waals surface area contributed by atoms with E-state index < -0.39 is 0 Å². The molecule has 1 saturated heterocycles. The molecule has 2 N–H and O–H groups in total. The lowest BCUT2D eigenvalue weighted by atomic mass is 9.68. The molecule has 1 spiro atoms. The Morgan fingerprint density at radius 3 is 3.00 bits per heavy atom. The minimum absolute atomic E-state index is 0.0809. The number of rotatable bonds is 4. The first-order valence-corrected chi connectivity index (χ1v) is 8.25. The Kier molecular flexibility index (Phi) is 3.15. The zero-order chi connectivity index (χ0) is 15.2. The Hall–Kier alpha value is -1.62. The number of ether oxygens (including phenoxy) is 1. The number of hydrogen-bond donors (Lipinski definition) is 2. The first-order valence-electron chi connectivity index (χ1n) is 8.25. The van der Waals surface area contributed by atoms with Crippen molar-refractivity contribution < 1.29 is 9.53 Å². The number of urea groups is 1. The van der Waals surface area contributed by atoms with Crippen molar-refractivity contribution >= 4 is 6.03 Å². The van der Waals surface area contributed by atoms with E-state index in [1.165, 1.54) is 12.8 Å². The minimum atomic E-state index is -0.112. The van der Waals surface area contributed by atoms with Crippen molar-refractivity contribution in [2.75, 3.05) is 13.2 Å². The number of aromatic nitrogens is 1. The van der Waals surface area contributed by atoms with Crippen LogP contribution in [0.5, 0.6) is 0 Å². The largest absolute Gasteiger partial charge is 0.374 e. The molecule has 118 valence electrons. The van der Waals surface area contributed by atoms with Crippen LogP contribution in [0.4, 0.5) is 4.79 Å². The maximum Gasteiger partial charge on any atom is 0.315 e. The molecule has 1 aliphatic heterocycles. The highest BCUT2D eigenvalue weighted by Gasteiger charge is 2.73. The van der Waals surface area contributed by atoms with Gasteiger partial charge in [0.25, 0.3) is 0 Å². The second-order valence-corrected chi connectivity index (χ2v) is 7.02. The Labute approximate surface area is 130 Å². The molecule has 2 aliphatic carbocycles. The van der Waals surface area contributed by atoms with Gasteiger partial charge in [0.05, 0.1) is 23.9 Å². The van der Waals surface area contributed by atoms with Gasteiger partial charge >= 0.3 is 6.03 Å². The lowest BCUT2D eigenvalue weighted by molar-refractivity contribution is -0.109. The number of carbonyl (C=O) groups is 1. The topological polar surface area (TPSA) is 63.2 Å². The lowest BCUT2D eigenvalue weighted by Crippen LogP contribution is -2.51. The van der Waals surface area contributed by atoms with Crippen molar-refractivity contribution in [1.29, 1.82) is 0 Å². The number of amides is 2. The molecule has 3 aliphatic rings. The number of carbonyl (C=O) groups excluding carboxylic acids is 1. The van der Waals surface area contributed by atoms with Crippen molar-refractivity contribution in [3.63, 3.8) is 0 Å². The molecule has 5 heteroatoms. The predicted octanol–water partition coefficient (Wildman–Crippen LogP) is 2.40. The van der Waals surface area contributed by atoms with Crippen LogP contribution in [0.2, 0.25) is 0 Å². The zero-order valence-electron chi connectivity index (χ0n) is 13.0. The average molecular weight is 301 g/mol. The number of nitrogens with one attached hydrogen (secondary N) is 2. The van der Waals surface area contributed by atoms with E-state index in [1.54, 1.807) is 6.20 Å². The first kappa shape index (κ1) is 14.0. The standard InChI is InChI=1S/C17H23N3O2/c1-12(14-5-2-3-8-18-14)20-15(21)19-11-16-9-13(16)10-22-17(16)6-4-7-17/h2-3,5,8,12-13H,4,6-7,9-11H2,1H3,(H2,19,20,21)/t12-,13-,16+/m0/s1. The highest BCUT2D eigenvalue weighted by molar-refractivity contribution is 5.74. The van der Waals surface area contributed by atoms with Crippen molar-refractivity contribution in [1.82, 2.24) is 15.6 Å². The molecule has 2 amide bonds. The quantitative estimate of drug-likeness (QED) is 0.897. The van der Waals surface area contributed by atoms with Crippen molar-refractivity contribution in [3.8, 4) is 0 Å². The molecule has 3 fully saturated rings. The molecule has 0 unspecified atom stereocenters. The Bertz CT molecular complexity index is 573. The fourth-order valence-electron chi connectivity index (χ4n) is 4.27. The zero-order valence-corrected chi connectivity index (χ0v) is 13.0. The van der Waals surface area contributed by atoms with Gasteiger partial charge in [-0.25, -0.2) is 4.79 Å². The van der Waals surface area contributed by atoms with Crippen molar-refractivity contribution in [3.05, 3.63) is 30.1 Å². The monoisotopic (exact) mass is 301 g/mol. The second kappa shape index (κ2) is 4.95. The molecule has 0 radical (unpaired) electrons. The number of hydrogen-bond acceptors (Lipinski definition) is 3. The lowest BCUT2D eigenvalue weighted by Gasteiger charge is -2.45. The van der Waals surface area contributed by atoms with Gasteiger partial charge in [0, 0.05) is 18.2 Å². The molecule has 2 saturated carbocycles. The summed E-state index contributed by atoms with van der Waals surface area (Å²) in [7, 11) is 0. The molecule has 3 atom stereocenters. The van der Waals surface area contributed by atoms with E-state index in [0.29, 0.717) is 5.92 Å². The summed E-state index contributed by atoms with van der Waals surface area (Å²) >= 11 is 0. The molecular weight excluding hydrogens is 278 g/mol. The third-order valence-electron chi connectivity index (χ3n) is 5.90. The highest BCUT2D eigenvalue weighted by atomic mass is 16.5. The van der Waals surface area contributed by atoms with Crippen LogP contribution in [-0.4, -0.2) is 29.8 Å². The van der Waals surface area contributed by atoms with Crippen LogP contribution in [0, 0.1) is 11.3 Å². The number of pyridine rings is 1. The van der Waals surface area contributed by atoms with E-state index in [-0.39, 0.29) is 23.1 Å². The number of nitrogens with zero attached hydrogens (tertiary/aromatic N) is 1. The molecular formula is C17H23N3O2. The smallest absolute Gasteiger partial charge is 0.315 e. The Balaban J connectivity index is 1.32. The maximum absolute atomic E-state index is 12.2. The predicted molar refractivity (Wildman–Crippen MR) is 82.3 cm³/mol. The molecule has 5 nitrogen and oxygen atoms in total. The second-order valence-electron chi connectivity index (χ2n) is 7.02. The summed E-state index contributed by atoms with van der Waals surface area (Å²) < 4.78 is 6.04. The minimum Gasteiger partial charge on any atom is -0.374 e. The first-order chi connectivity index (χ1) is 10.7. The fraction of sp³-hybridized carbons (Fsp3) is 0.647. The van der Waals surface area contributed by atoms with Gasteiger partial charge in [0.1, 0.15) is 0 Å². The van der Waals surface area contributed by atoms with Crippen LogP contribution in [0.15, 0.2) is 24.4 Å². The summed E-state index contributed by atoms with van der Waals surface area (Å²) in [5.41, 5.74) is 1.17. The van der Waals surface area contributed by atoms with E-state index in [4.69, 9.17) is 4.74 Å². The van der Waals surface area contributed by atoms with Crippen LogP contribution in [0.3, 0.4) is 0 Å². The van der Waals surface area contributed by atoms with E-state index in [9.17, 15) is 4.79 Å².